The van der Waals surface area contributed by atoms with Gasteiger partial charge < -0.3 is 70.2 Å². The first-order valence-electron chi connectivity index (χ1n) is 25.9. The molecule has 0 rings (SSSR count). The SMILES string of the molecule is CCC(C)(CC(C)(C)C(=O)NCCCCCNC(=O)CN=[N+]=[N-])C(=O)NCCOC[CH-]CCO.CCC(C)(CC(C)(CC(C)(C)C(N)=O)C(=O)NCCCCCNC(=O)CN=[N+]=[N-])C(=O)NCCOC[CH-]CCO.[Y].[Y]. The summed E-state index contributed by atoms with van der Waals surface area (Å²) in [6.07, 6.45) is 11.1. The molecular formula is C50H93N13O11Y2-2. The molecule has 0 aliphatic heterocycles. The fourth-order valence-corrected chi connectivity index (χ4v) is 7.99. The molecule has 2 radical (unpaired) electrons. The molecule has 0 aromatic rings. The molecule has 10 N–H and O–H groups in total. The van der Waals surface area contributed by atoms with Gasteiger partial charge >= 0.3 is 0 Å². The normalized spacial score (nSPS) is 13.2. The van der Waals surface area contributed by atoms with E-state index in [-0.39, 0.29) is 140 Å². The molecule has 26 heteroatoms. The minimum Gasteiger partial charge on any atom is -0.411 e. The number of nitrogens with zero attached hydrogens (tertiary/aromatic N) is 6. The van der Waals surface area contributed by atoms with Crippen LogP contribution in [0.1, 0.15) is 146 Å². The van der Waals surface area contributed by atoms with Crippen molar-refractivity contribution < 1.29 is 119 Å². The van der Waals surface area contributed by atoms with E-state index in [9.17, 15) is 33.6 Å². The molecule has 0 saturated carbocycles. The monoisotopic (exact) mass is 1230 g/mol. The van der Waals surface area contributed by atoms with E-state index >= 15 is 0 Å². The van der Waals surface area contributed by atoms with Crippen LogP contribution in [0.4, 0.5) is 0 Å². The van der Waals surface area contributed by atoms with Crippen LogP contribution in [0.5, 0.6) is 0 Å². The second-order valence-electron chi connectivity index (χ2n) is 20.4. The summed E-state index contributed by atoms with van der Waals surface area (Å²) in [5.74, 6) is -1.81. The van der Waals surface area contributed by atoms with Gasteiger partial charge in [-0.3, -0.25) is 33.6 Å². The van der Waals surface area contributed by atoms with Gasteiger partial charge in [0.1, 0.15) is 13.1 Å². The maximum absolute atomic E-state index is 13.5. The number of carbonyl (C=O) groups is 7. The fraction of sp³-hybridized carbons (Fsp3) is 0.820. The number of primary amides is 1. The van der Waals surface area contributed by atoms with Crippen LogP contribution in [-0.2, 0) is 108 Å². The van der Waals surface area contributed by atoms with Crippen molar-refractivity contribution in [3.8, 4) is 0 Å². The average molecular weight is 1230 g/mol. The Hall–Kier alpha value is -3.04. The van der Waals surface area contributed by atoms with Crippen LogP contribution in [0.25, 0.3) is 20.9 Å². The van der Waals surface area contributed by atoms with Crippen LogP contribution in [0.3, 0.4) is 0 Å². The van der Waals surface area contributed by atoms with Gasteiger partial charge in [0.05, 0.1) is 13.2 Å². The van der Waals surface area contributed by atoms with Gasteiger partial charge in [0.2, 0.25) is 41.4 Å². The Balaban J connectivity index is -0.000000673. The molecule has 7 amide bonds. The minimum atomic E-state index is -1.05. The second-order valence-corrected chi connectivity index (χ2v) is 20.4. The number of azide groups is 2. The number of aliphatic hydroxyl groups excluding tert-OH is 2. The zero-order valence-electron chi connectivity index (χ0n) is 47.2. The number of nitrogens with two attached hydrogens (primary N) is 1. The van der Waals surface area contributed by atoms with Gasteiger partial charge in [0.15, 0.2) is 0 Å². The van der Waals surface area contributed by atoms with Crippen molar-refractivity contribution >= 4 is 41.4 Å². The van der Waals surface area contributed by atoms with Gasteiger partial charge in [-0.25, -0.2) is 0 Å². The van der Waals surface area contributed by atoms with E-state index in [2.05, 4.69) is 52.0 Å². The third-order valence-corrected chi connectivity index (χ3v) is 12.6. The third-order valence-electron chi connectivity index (χ3n) is 12.6. The van der Waals surface area contributed by atoms with Crippen LogP contribution in [0, 0.1) is 39.9 Å². The first-order chi connectivity index (χ1) is 34.9. The third kappa shape index (κ3) is 36.9. The molecule has 0 saturated heterocycles. The molecule has 0 heterocycles. The summed E-state index contributed by atoms with van der Waals surface area (Å²) in [5, 5.41) is 41.0. The Labute approximate surface area is 502 Å². The van der Waals surface area contributed by atoms with Gasteiger partial charge in [-0.2, -0.15) is 12.8 Å². The van der Waals surface area contributed by atoms with Crippen molar-refractivity contribution in [3.63, 3.8) is 0 Å². The van der Waals surface area contributed by atoms with Crippen molar-refractivity contribution in [1.29, 1.82) is 0 Å². The van der Waals surface area contributed by atoms with E-state index in [1.54, 1.807) is 20.8 Å². The predicted octanol–water partition coefficient (Wildman–Crippen LogP) is 4.38. The maximum Gasteiger partial charge on any atom is 0.226 e. The maximum atomic E-state index is 13.5. The number of nitrogens with one attached hydrogen (secondary N) is 6. The van der Waals surface area contributed by atoms with Crippen LogP contribution >= 0.6 is 0 Å². The van der Waals surface area contributed by atoms with E-state index in [1.807, 2.05) is 54.4 Å². The number of rotatable bonds is 43. The molecule has 0 aromatic heterocycles. The fourth-order valence-electron chi connectivity index (χ4n) is 7.99. The molecular weight excluding hydrogens is 1140 g/mol. The Kier molecular flexibility index (Phi) is 47.9. The molecule has 76 heavy (non-hydrogen) atoms. The van der Waals surface area contributed by atoms with Gasteiger partial charge in [-0.05, 0) is 81.7 Å². The molecule has 0 aliphatic carbocycles. The molecule has 0 spiro atoms. The molecule has 0 aromatic carbocycles. The van der Waals surface area contributed by atoms with E-state index in [0.717, 1.165) is 25.7 Å². The molecule has 0 aliphatic rings. The van der Waals surface area contributed by atoms with Crippen LogP contribution in [0.2, 0.25) is 0 Å². The number of ether oxygens (including phenoxy) is 2. The smallest absolute Gasteiger partial charge is 0.226 e. The first kappa shape index (κ1) is 79.4. The zero-order chi connectivity index (χ0) is 56.5. The summed E-state index contributed by atoms with van der Waals surface area (Å²) in [6, 6.07) is 0. The average Bonchev–Trinajstić information content (AvgIpc) is 3.35. The number of hydrogen-bond acceptors (Lipinski definition) is 13. The molecule has 432 valence electrons. The Morgan fingerprint density at radius 3 is 1.22 bits per heavy atom. The van der Waals surface area contributed by atoms with Crippen molar-refractivity contribution in [2.24, 2.45) is 43.0 Å². The summed E-state index contributed by atoms with van der Waals surface area (Å²) >= 11 is 0. The quantitative estimate of drug-likeness (QED) is 0.0136. The van der Waals surface area contributed by atoms with E-state index < -0.39 is 33.0 Å². The summed E-state index contributed by atoms with van der Waals surface area (Å²) in [7, 11) is 0. The van der Waals surface area contributed by atoms with Crippen molar-refractivity contribution in [3.05, 3.63) is 33.7 Å². The molecule has 3 atom stereocenters. The number of amides is 7. The van der Waals surface area contributed by atoms with E-state index in [0.29, 0.717) is 111 Å². The number of carbonyl (C=O) groups excluding carboxylic acids is 7. The Bertz CT molecular complexity index is 1790. The summed E-state index contributed by atoms with van der Waals surface area (Å²) in [6.45, 7) is 20.2. The Morgan fingerprint density at radius 2 is 0.855 bits per heavy atom. The summed E-state index contributed by atoms with van der Waals surface area (Å²) < 4.78 is 10.8. The molecule has 0 fully saturated rings. The second kappa shape index (κ2) is 45.8. The summed E-state index contributed by atoms with van der Waals surface area (Å²) in [4.78, 5) is 92.3. The van der Waals surface area contributed by atoms with Crippen LogP contribution in [-0.4, -0.2) is 144 Å². The molecule has 3 unspecified atom stereocenters. The summed E-state index contributed by atoms with van der Waals surface area (Å²) in [5.41, 5.74) is 17.8. The zero-order valence-corrected chi connectivity index (χ0v) is 52.9. The van der Waals surface area contributed by atoms with Crippen LogP contribution in [0.15, 0.2) is 10.2 Å². The van der Waals surface area contributed by atoms with E-state index in [1.165, 1.54) is 0 Å². The van der Waals surface area contributed by atoms with Gasteiger partial charge in [-0.15, -0.1) is 0 Å². The molecule has 24 nitrogen and oxygen atoms in total. The Morgan fingerprint density at radius 1 is 0.513 bits per heavy atom. The number of aliphatic hydroxyl groups is 2. The first-order valence-corrected chi connectivity index (χ1v) is 25.9. The van der Waals surface area contributed by atoms with Gasteiger partial charge in [-0.1, -0.05) is 85.8 Å². The van der Waals surface area contributed by atoms with Crippen molar-refractivity contribution in [2.75, 3.05) is 92.0 Å². The number of unbranched alkanes of at least 4 members (excludes halogenated alkanes) is 6. The van der Waals surface area contributed by atoms with Crippen molar-refractivity contribution in [2.45, 2.75) is 146 Å². The topological polar surface area (TPSA) is 374 Å². The van der Waals surface area contributed by atoms with Crippen molar-refractivity contribution in [1.82, 2.24) is 31.9 Å². The van der Waals surface area contributed by atoms with E-state index in [4.69, 9.17) is 36.5 Å². The molecule has 0 bridgehead atoms. The van der Waals surface area contributed by atoms with Gasteiger partial charge in [0, 0.05) is 155 Å². The minimum absolute atomic E-state index is 0. The predicted molar refractivity (Wildman–Crippen MR) is 283 cm³/mol. The van der Waals surface area contributed by atoms with Gasteiger partial charge in [0.25, 0.3) is 0 Å². The standard InChI is InChI=1S/C27H50N7O6.C23H43N6O5.2Y/c1-6-26(4,23(38)32-14-17-40-16-11-10-15-35)20-27(5,19-25(2,3)22(28)37)24(39)31-13-9-7-8-12-30-21(36)18-33-34-29;1-5-23(4,21(33)27-13-16-34-15-10-9-14-30)18-22(2,3)20(32)26-12-8-6-7-11-25-19(31)17-28-29-24;;/h11,35H,6-10,12-20H2,1-5H3,(H2,28,37)(H,30,36)(H,31,39)(H,32,38);10,30H,5-9,11-18H2,1-4H3,(H,25,31)(H,26,32)(H,27,33);;/q2*-1;;. The van der Waals surface area contributed by atoms with Crippen LogP contribution < -0.4 is 37.6 Å². The largest absolute Gasteiger partial charge is 0.411 e. The number of hydrogen-bond donors (Lipinski definition) is 9.